The van der Waals surface area contributed by atoms with Gasteiger partial charge in [-0.05, 0) is 56.0 Å². The third-order valence-corrected chi connectivity index (χ3v) is 4.86. The van der Waals surface area contributed by atoms with E-state index in [1.54, 1.807) is 0 Å². The molecule has 0 saturated heterocycles. The largest absolute Gasteiger partial charge is 0.313 e. The predicted molar refractivity (Wildman–Crippen MR) is 109 cm³/mol. The number of fused-ring (bicyclic) bond motifs is 1. The molecule has 0 saturated carbocycles. The van der Waals surface area contributed by atoms with Crippen molar-refractivity contribution in [2.45, 2.75) is 33.6 Å². The van der Waals surface area contributed by atoms with Crippen LogP contribution in [0, 0.1) is 5.41 Å². The molecule has 0 unspecified atom stereocenters. The molecule has 2 aromatic carbocycles. The number of rotatable bonds is 5. The maximum Gasteiger partial charge on any atom is 0.202 e. The van der Waals surface area contributed by atoms with E-state index >= 15 is 0 Å². The first-order valence-corrected chi connectivity index (χ1v) is 9.20. The normalized spacial score (nSPS) is 12.1. The van der Waals surface area contributed by atoms with E-state index in [1.807, 2.05) is 0 Å². The summed E-state index contributed by atoms with van der Waals surface area (Å²) in [5, 5.41) is 8.90. The van der Waals surface area contributed by atoms with Gasteiger partial charge in [0.05, 0.1) is 5.69 Å². The van der Waals surface area contributed by atoms with Crippen LogP contribution in [0.25, 0.3) is 6.08 Å². The van der Waals surface area contributed by atoms with E-state index in [2.05, 4.69) is 85.2 Å². The topological polar surface area (TPSA) is 30.3 Å². The number of nitrogens with zero attached hydrogens (tertiary/aromatic N) is 2. The van der Waals surface area contributed by atoms with Gasteiger partial charge in [-0.2, -0.15) is 0 Å². The molecule has 0 bridgehead atoms. The van der Waals surface area contributed by atoms with Gasteiger partial charge in [0.2, 0.25) is 5.96 Å². The molecule has 1 aliphatic carbocycles. The van der Waals surface area contributed by atoms with E-state index in [1.165, 1.54) is 16.7 Å². The Morgan fingerprint density at radius 2 is 1.76 bits per heavy atom. The summed E-state index contributed by atoms with van der Waals surface area (Å²) in [5.41, 5.74) is 6.12. The zero-order valence-corrected chi connectivity index (χ0v) is 15.4. The molecule has 2 aromatic rings. The molecule has 25 heavy (non-hydrogen) atoms. The first kappa shape index (κ1) is 17.3. The minimum Gasteiger partial charge on any atom is -0.313 e. The summed E-state index contributed by atoms with van der Waals surface area (Å²) in [6.07, 6.45) is 6.39. The van der Waals surface area contributed by atoms with Gasteiger partial charge in [0.25, 0.3) is 0 Å². The Kier molecular flexibility index (Phi) is 5.22. The van der Waals surface area contributed by atoms with E-state index in [4.69, 9.17) is 5.41 Å². The molecular formula is C22H27N3. The van der Waals surface area contributed by atoms with Gasteiger partial charge in [-0.15, -0.1) is 0 Å². The number of nitrogens with one attached hydrogen (secondary N) is 1. The maximum absolute atomic E-state index is 8.90. The van der Waals surface area contributed by atoms with Gasteiger partial charge in [-0.1, -0.05) is 43.3 Å². The van der Waals surface area contributed by atoms with Crippen molar-refractivity contribution in [3.63, 3.8) is 0 Å². The minimum absolute atomic E-state index is 0.534. The highest BCUT2D eigenvalue weighted by atomic mass is 15.4. The molecule has 0 aromatic heterocycles. The van der Waals surface area contributed by atoms with Crippen LogP contribution in [0.15, 0.2) is 48.5 Å². The van der Waals surface area contributed by atoms with E-state index in [-0.39, 0.29) is 0 Å². The molecule has 3 nitrogen and oxygen atoms in total. The lowest BCUT2D eigenvalue weighted by Crippen LogP contribution is -2.44. The second kappa shape index (κ2) is 7.56. The molecule has 0 radical (unpaired) electrons. The molecule has 0 spiro atoms. The van der Waals surface area contributed by atoms with E-state index in [9.17, 15) is 0 Å². The average Bonchev–Trinajstić information content (AvgIpc) is 3.13. The lowest BCUT2D eigenvalue weighted by molar-refractivity contribution is 0.954. The number of anilines is 2. The molecule has 0 heterocycles. The van der Waals surface area contributed by atoms with Gasteiger partial charge in [0, 0.05) is 24.3 Å². The number of hydrogen-bond acceptors (Lipinski definition) is 1. The highest BCUT2D eigenvalue weighted by molar-refractivity contribution is 6.06. The third kappa shape index (κ3) is 3.32. The molecule has 1 aliphatic rings. The average molecular weight is 333 g/mol. The Morgan fingerprint density at radius 3 is 2.48 bits per heavy atom. The van der Waals surface area contributed by atoms with Crippen LogP contribution in [0.2, 0.25) is 0 Å². The van der Waals surface area contributed by atoms with Crippen molar-refractivity contribution < 1.29 is 0 Å². The SMILES string of the molecule is CCc1cccc(N(CC)C(=N)N(CC)c2cccc3c2C=CC3)c1. The molecule has 1 N–H and O–H groups in total. The summed E-state index contributed by atoms with van der Waals surface area (Å²) in [5.74, 6) is 0.534. The van der Waals surface area contributed by atoms with Crippen LogP contribution in [0.1, 0.15) is 37.5 Å². The van der Waals surface area contributed by atoms with E-state index < -0.39 is 0 Å². The molecule has 3 heteroatoms. The predicted octanol–water partition coefficient (Wildman–Crippen LogP) is 5.11. The number of allylic oxidation sites excluding steroid dienone is 1. The van der Waals surface area contributed by atoms with E-state index in [0.717, 1.165) is 37.3 Å². The Morgan fingerprint density at radius 1 is 1.00 bits per heavy atom. The second-order valence-corrected chi connectivity index (χ2v) is 6.29. The van der Waals surface area contributed by atoms with Crippen molar-refractivity contribution >= 4 is 23.4 Å². The summed E-state index contributed by atoms with van der Waals surface area (Å²) in [4.78, 5) is 4.19. The lowest BCUT2D eigenvalue weighted by Gasteiger charge is -2.33. The molecule has 3 rings (SSSR count). The summed E-state index contributed by atoms with van der Waals surface area (Å²) in [6, 6.07) is 14.9. The molecule has 130 valence electrons. The fourth-order valence-corrected chi connectivity index (χ4v) is 3.49. The second-order valence-electron chi connectivity index (χ2n) is 6.29. The molecule has 0 amide bonds. The van der Waals surface area contributed by atoms with Gasteiger partial charge < -0.3 is 9.80 Å². The van der Waals surface area contributed by atoms with Crippen molar-refractivity contribution in [2.24, 2.45) is 0 Å². The van der Waals surface area contributed by atoms with Gasteiger partial charge in [-0.3, -0.25) is 5.41 Å². The van der Waals surface area contributed by atoms with Crippen LogP contribution in [0.4, 0.5) is 11.4 Å². The molecule has 0 aliphatic heterocycles. The van der Waals surface area contributed by atoms with Crippen molar-refractivity contribution in [3.8, 4) is 0 Å². The van der Waals surface area contributed by atoms with Crippen LogP contribution in [-0.2, 0) is 12.8 Å². The zero-order valence-electron chi connectivity index (χ0n) is 15.4. The van der Waals surface area contributed by atoms with E-state index in [0.29, 0.717) is 5.96 Å². The third-order valence-electron chi connectivity index (χ3n) is 4.86. The van der Waals surface area contributed by atoms with Crippen molar-refractivity contribution in [1.29, 1.82) is 5.41 Å². The Bertz CT molecular complexity index is 792. The lowest BCUT2D eigenvalue weighted by atomic mass is 10.1. The van der Waals surface area contributed by atoms with Crippen LogP contribution in [-0.4, -0.2) is 19.0 Å². The first-order valence-electron chi connectivity index (χ1n) is 9.20. The molecule has 0 fully saturated rings. The van der Waals surface area contributed by atoms with Crippen molar-refractivity contribution in [1.82, 2.24) is 0 Å². The van der Waals surface area contributed by atoms with Crippen LogP contribution in [0.3, 0.4) is 0 Å². The van der Waals surface area contributed by atoms with Gasteiger partial charge in [0.1, 0.15) is 0 Å². The van der Waals surface area contributed by atoms with Gasteiger partial charge in [-0.25, -0.2) is 0 Å². The van der Waals surface area contributed by atoms with Crippen molar-refractivity contribution in [3.05, 3.63) is 65.2 Å². The summed E-state index contributed by atoms with van der Waals surface area (Å²) >= 11 is 0. The highest BCUT2D eigenvalue weighted by Crippen LogP contribution is 2.31. The minimum atomic E-state index is 0.534. The molecule has 0 atom stereocenters. The number of guanidine groups is 1. The molecular weight excluding hydrogens is 306 g/mol. The van der Waals surface area contributed by atoms with Crippen LogP contribution in [0.5, 0.6) is 0 Å². The Labute approximate surface area is 151 Å². The number of benzene rings is 2. The summed E-state index contributed by atoms with van der Waals surface area (Å²) in [6.45, 7) is 7.93. The van der Waals surface area contributed by atoms with Gasteiger partial charge >= 0.3 is 0 Å². The Hall–Kier alpha value is -2.55. The zero-order chi connectivity index (χ0) is 17.8. The van der Waals surface area contributed by atoms with Crippen LogP contribution >= 0.6 is 0 Å². The van der Waals surface area contributed by atoms with Crippen molar-refractivity contribution in [2.75, 3.05) is 22.9 Å². The van der Waals surface area contributed by atoms with Crippen LogP contribution < -0.4 is 9.80 Å². The fraction of sp³-hybridized carbons (Fsp3) is 0.318. The highest BCUT2D eigenvalue weighted by Gasteiger charge is 2.21. The number of hydrogen-bond donors (Lipinski definition) is 1. The van der Waals surface area contributed by atoms with Gasteiger partial charge in [0.15, 0.2) is 0 Å². The maximum atomic E-state index is 8.90. The number of aryl methyl sites for hydroxylation is 1. The monoisotopic (exact) mass is 333 g/mol. The summed E-state index contributed by atoms with van der Waals surface area (Å²) < 4.78 is 0. The fourth-order valence-electron chi connectivity index (χ4n) is 3.49. The summed E-state index contributed by atoms with van der Waals surface area (Å²) in [7, 11) is 0. The Balaban J connectivity index is 1.96. The quantitative estimate of drug-likeness (QED) is 0.609. The smallest absolute Gasteiger partial charge is 0.202 e. The first-order chi connectivity index (χ1) is 12.2. The standard InChI is InChI=1S/C22H27N3/c1-4-17-10-7-13-19(16-17)24(5-2)22(23)25(6-3)21-15-9-12-18-11-8-14-20(18)21/h7-10,12-16,23H,4-6,11H2,1-3H3.